The quantitative estimate of drug-likeness (QED) is 0.203. The molecule has 0 saturated carbocycles. The average molecular weight is 713 g/mol. The number of nitrogens with one attached hydrogen (secondary N) is 1. The molecule has 4 aromatic rings. The van der Waals surface area contributed by atoms with E-state index in [1.165, 1.54) is 53.1 Å². The minimum absolute atomic E-state index is 0.127. The van der Waals surface area contributed by atoms with Gasteiger partial charge < -0.3 is 10.1 Å². The fourth-order valence-electron chi connectivity index (χ4n) is 5.57. The van der Waals surface area contributed by atoms with E-state index in [2.05, 4.69) is 5.32 Å². The molecule has 1 aromatic heterocycles. The molecule has 2 aliphatic rings. The molecule has 12 nitrogen and oxygen atoms in total. The Morgan fingerprint density at radius 1 is 0.957 bits per heavy atom. The number of hydrogen-bond donors (Lipinski definition) is 2. The number of rotatable bonds is 8. The van der Waals surface area contributed by atoms with E-state index in [1.807, 2.05) is 0 Å². The molecule has 2 aliphatic heterocycles. The molecule has 47 heavy (non-hydrogen) atoms. The zero-order chi connectivity index (χ0) is 33.6. The van der Waals surface area contributed by atoms with E-state index in [0.717, 1.165) is 28.0 Å². The van der Waals surface area contributed by atoms with Gasteiger partial charge in [-0.3, -0.25) is 23.7 Å². The first-order valence-electron chi connectivity index (χ1n) is 14.1. The first kappa shape index (κ1) is 32.7. The van der Waals surface area contributed by atoms with Crippen LogP contribution in [-0.4, -0.2) is 48.5 Å². The van der Waals surface area contributed by atoms with Gasteiger partial charge in [0.1, 0.15) is 11.8 Å². The molecule has 3 atom stereocenters. The Morgan fingerprint density at radius 3 is 2.23 bits per heavy atom. The molecule has 6 rings (SSSR count). The lowest BCUT2D eigenvalue weighted by Gasteiger charge is -2.30. The van der Waals surface area contributed by atoms with Gasteiger partial charge in [-0.15, -0.1) is 0 Å². The van der Waals surface area contributed by atoms with Gasteiger partial charge in [-0.1, -0.05) is 46.8 Å². The number of hydrogen-bond acceptors (Lipinski definition) is 10. The summed E-state index contributed by atoms with van der Waals surface area (Å²) in [4.78, 5) is 67.7. The minimum Gasteiger partial charge on any atom is -0.462 e. The molecular weight excluding hydrogens is 688 g/mol. The second kappa shape index (κ2) is 12.7. The number of esters is 1. The number of aromatic nitrogens is 1. The van der Waals surface area contributed by atoms with Gasteiger partial charge in [-0.05, 0) is 73.2 Å². The molecule has 3 N–H and O–H groups in total. The number of nitrogens with zero attached hydrogens (tertiary/aromatic N) is 2. The zero-order valence-electron chi connectivity index (χ0n) is 24.4. The lowest BCUT2D eigenvalue weighted by atomic mass is 9.83. The molecule has 1 fully saturated rings. The summed E-state index contributed by atoms with van der Waals surface area (Å²) < 4.78 is 29.4. The number of sulfonamides is 1. The fourth-order valence-corrected chi connectivity index (χ4v) is 8.99. The zero-order valence-corrected chi connectivity index (χ0v) is 27.6. The summed E-state index contributed by atoms with van der Waals surface area (Å²) in [7, 11) is -3.92. The van der Waals surface area contributed by atoms with E-state index >= 15 is 0 Å². The number of anilines is 2. The van der Waals surface area contributed by atoms with E-state index < -0.39 is 62.2 Å². The van der Waals surface area contributed by atoms with Crippen molar-refractivity contribution < 1.29 is 32.3 Å². The van der Waals surface area contributed by atoms with Gasteiger partial charge in [0.15, 0.2) is 0 Å². The molecule has 0 bridgehead atoms. The number of thioether (sulfide) groups is 1. The summed E-state index contributed by atoms with van der Waals surface area (Å²) in [5.74, 6) is -3.63. The topological polar surface area (TPSA) is 175 Å². The molecule has 0 unspecified atom stereocenters. The van der Waals surface area contributed by atoms with Gasteiger partial charge >= 0.3 is 10.8 Å². The third-order valence-electron chi connectivity index (χ3n) is 7.68. The summed E-state index contributed by atoms with van der Waals surface area (Å²) >= 11 is 8.11. The number of nitrogens with two attached hydrogens (primary N) is 1. The Bertz CT molecular complexity index is 2080. The van der Waals surface area contributed by atoms with Crippen LogP contribution >= 0.6 is 34.7 Å². The third kappa shape index (κ3) is 6.24. The number of imide groups is 1. The maximum atomic E-state index is 14.1. The number of carbonyl (C=O) groups is 4. The Morgan fingerprint density at radius 2 is 1.62 bits per heavy atom. The molecule has 0 aliphatic carbocycles. The number of thiazole rings is 1. The molecule has 3 aromatic carbocycles. The number of fused-ring (bicyclic) bond motifs is 2. The lowest BCUT2D eigenvalue weighted by molar-refractivity contribution is -0.122. The molecule has 16 heteroatoms. The molecule has 0 radical (unpaired) electrons. The van der Waals surface area contributed by atoms with Gasteiger partial charge in [0.2, 0.25) is 27.7 Å². The first-order chi connectivity index (χ1) is 22.4. The summed E-state index contributed by atoms with van der Waals surface area (Å²) in [6.45, 7) is 1.48. The average Bonchev–Trinajstić information content (AvgIpc) is 3.47. The molecule has 3 amide bonds. The minimum atomic E-state index is -3.92. The predicted molar refractivity (Wildman–Crippen MR) is 176 cm³/mol. The van der Waals surface area contributed by atoms with Crippen LogP contribution in [0.4, 0.5) is 11.4 Å². The number of halogens is 1. The van der Waals surface area contributed by atoms with Crippen LogP contribution in [0, 0.1) is 5.92 Å². The first-order valence-corrected chi connectivity index (χ1v) is 17.7. The van der Waals surface area contributed by atoms with Crippen LogP contribution in [-0.2, 0) is 35.7 Å². The van der Waals surface area contributed by atoms with Crippen molar-refractivity contribution >= 4 is 79.8 Å². The smallest absolute Gasteiger partial charge is 0.338 e. The van der Waals surface area contributed by atoms with Crippen molar-refractivity contribution in [2.45, 2.75) is 34.6 Å². The van der Waals surface area contributed by atoms with Crippen LogP contribution < -0.4 is 20.2 Å². The van der Waals surface area contributed by atoms with Crippen LogP contribution in [0.2, 0.25) is 5.02 Å². The SMILES string of the molecule is CCOC(=O)c1ccc(N2C(=O)[C@@H]3[C@H](c4ccc(Cl)cc4)c4sc(=O)n(CC(=O)Nc5ccc(S(N)(=O)=O)cc5)c4S[C@@H]3C2=O)cc1. The van der Waals surface area contributed by atoms with Crippen LogP contribution in [0.5, 0.6) is 0 Å². The molecule has 1 saturated heterocycles. The van der Waals surface area contributed by atoms with E-state index in [1.54, 1.807) is 31.2 Å². The highest BCUT2D eigenvalue weighted by Crippen LogP contribution is 2.54. The Labute approximate surface area is 281 Å². The van der Waals surface area contributed by atoms with Crippen molar-refractivity contribution in [3.8, 4) is 0 Å². The second-order valence-electron chi connectivity index (χ2n) is 10.6. The number of carbonyl (C=O) groups excluding carboxylic acids is 4. The predicted octanol–water partition coefficient (Wildman–Crippen LogP) is 3.82. The van der Waals surface area contributed by atoms with E-state index in [9.17, 15) is 32.4 Å². The number of ether oxygens (including phenoxy) is 1. The molecule has 3 heterocycles. The van der Waals surface area contributed by atoms with Gasteiger partial charge in [0, 0.05) is 21.5 Å². The van der Waals surface area contributed by atoms with E-state index in [4.69, 9.17) is 21.5 Å². The van der Waals surface area contributed by atoms with E-state index in [0.29, 0.717) is 20.5 Å². The third-order valence-corrected chi connectivity index (χ3v) is 11.5. The molecule has 0 spiro atoms. The lowest BCUT2D eigenvalue weighted by Crippen LogP contribution is -2.33. The number of amides is 3. The molecule has 242 valence electrons. The summed E-state index contributed by atoms with van der Waals surface area (Å²) in [5.41, 5.74) is 1.50. The maximum Gasteiger partial charge on any atom is 0.338 e. The van der Waals surface area contributed by atoms with E-state index in [-0.39, 0.29) is 28.4 Å². The van der Waals surface area contributed by atoms with Crippen molar-refractivity contribution in [3.63, 3.8) is 0 Å². The van der Waals surface area contributed by atoms with Gasteiger partial charge in [-0.25, -0.2) is 23.3 Å². The number of primary sulfonamides is 1. The van der Waals surface area contributed by atoms with Gasteiger partial charge in [0.05, 0.1) is 33.7 Å². The van der Waals surface area contributed by atoms with Gasteiger partial charge in [0.25, 0.3) is 0 Å². The highest BCUT2D eigenvalue weighted by Gasteiger charge is 2.56. The van der Waals surface area contributed by atoms with Crippen LogP contribution in [0.15, 0.2) is 87.5 Å². The summed E-state index contributed by atoms with van der Waals surface area (Å²) in [5, 5.41) is 7.71. The Kier molecular flexibility index (Phi) is 8.84. The summed E-state index contributed by atoms with van der Waals surface area (Å²) in [6, 6.07) is 18.0. The highest BCUT2D eigenvalue weighted by molar-refractivity contribution is 8.00. The van der Waals surface area contributed by atoms with Crippen LogP contribution in [0.1, 0.15) is 33.6 Å². The van der Waals surface area contributed by atoms with Crippen molar-refractivity contribution in [1.29, 1.82) is 0 Å². The molecular formula is C31H25ClN4O8S3. The second-order valence-corrected chi connectivity index (χ2v) is 14.7. The Balaban J connectivity index is 1.34. The van der Waals surface area contributed by atoms with Crippen molar-refractivity contribution in [3.05, 3.63) is 103 Å². The standard InChI is InChI=1S/C31H25ClN4O8S3/c1-2-44-30(40)17-5-11-20(12-6-17)36-27(38)24-23(16-3-7-18(32)8-4-16)26-29(45-25(24)28(36)39)35(31(41)46-26)15-22(37)34-19-9-13-21(14-10-19)47(33,42)43/h3-14,23-25H,2,15H2,1H3,(H,34,37)(H2,33,42,43)/t23-,24+,25-/m0/s1. The monoisotopic (exact) mass is 712 g/mol. The van der Waals surface area contributed by atoms with Gasteiger partial charge in [-0.2, -0.15) is 0 Å². The number of benzene rings is 3. The normalized spacial score (nSPS) is 18.9. The highest BCUT2D eigenvalue weighted by atomic mass is 35.5. The van der Waals surface area contributed by atoms with Crippen LogP contribution in [0.3, 0.4) is 0 Å². The van der Waals surface area contributed by atoms with Crippen molar-refractivity contribution in [2.75, 3.05) is 16.8 Å². The Hall–Kier alpha value is -4.28. The fraction of sp³-hybridized carbons (Fsp3) is 0.194. The largest absolute Gasteiger partial charge is 0.462 e. The van der Waals surface area contributed by atoms with Crippen LogP contribution in [0.25, 0.3) is 0 Å². The van der Waals surface area contributed by atoms with Crippen molar-refractivity contribution in [2.24, 2.45) is 11.1 Å². The van der Waals surface area contributed by atoms with Crippen molar-refractivity contribution in [1.82, 2.24) is 4.57 Å². The maximum absolute atomic E-state index is 14.1. The summed E-state index contributed by atoms with van der Waals surface area (Å²) in [6.07, 6.45) is 0.